The first-order valence-corrected chi connectivity index (χ1v) is 9.08. The molecule has 1 unspecified atom stereocenters. The third kappa shape index (κ3) is 3.52. The highest BCUT2D eigenvalue weighted by Crippen LogP contribution is 2.49. The number of rotatable bonds is 5. The molecular formula is C19H21Cl2NO2. The van der Waals surface area contributed by atoms with E-state index in [0.29, 0.717) is 18.1 Å². The minimum absolute atomic E-state index is 0.114. The largest absolute Gasteiger partial charge is 0.466 e. The van der Waals surface area contributed by atoms with Gasteiger partial charge in [-0.15, -0.1) is 0 Å². The molecule has 0 saturated heterocycles. The maximum atomic E-state index is 12.2. The molecule has 1 aromatic rings. The van der Waals surface area contributed by atoms with Crippen LogP contribution in [0.4, 0.5) is 0 Å². The standard InChI is InChI=1S/C19H21Cl2NO2/c1-3-24-18(23)19(8-9-19)11-15-10-16(21)12(2)17(22-15)13-4-6-14(20)7-5-13/h4,6-7,10,13H,3,5,8-9,11H2,1-2H3. The van der Waals surface area contributed by atoms with Crippen molar-refractivity contribution in [1.82, 2.24) is 4.98 Å². The van der Waals surface area contributed by atoms with E-state index in [1.54, 1.807) is 0 Å². The molecule has 1 heterocycles. The molecular weight excluding hydrogens is 345 g/mol. The van der Waals surface area contributed by atoms with Crippen LogP contribution in [0, 0.1) is 12.3 Å². The average Bonchev–Trinajstić information content (AvgIpc) is 3.33. The van der Waals surface area contributed by atoms with Crippen molar-refractivity contribution >= 4 is 29.2 Å². The number of hydrogen-bond donors (Lipinski definition) is 0. The monoisotopic (exact) mass is 365 g/mol. The van der Waals surface area contributed by atoms with Crippen LogP contribution in [0.25, 0.3) is 0 Å². The first kappa shape index (κ1) is 17.5. The van der Waals surface area contributed by atoms with Crippen LogP contribution in [0.3, 0.4) is 0 Å². The zero-order valence-electron chi connectivity index (χ0n) is 13.9. The van der Waals surface area contributed by atoms with Gasteiger partial charge in [0.25, 0.3) is 0 Å². The second-order valence-corrected chi connectivity index (χ2v) is 7.42. The van der Waals surface area contributed by atoms with E-state index in [0.717, 1.165) is 41.2 Å². The molecule has 0 N–H and O–H groups in total. The van der Waals surface area contributed by atoms with Gasteiger partial charge in [0.05, 0.1) is 17.7 Å². The summed E-state index contributed by atoms with van der Waals surface area (Å²) in [4.78, 5) is 17.0. The molecule has 1 fully saturated rings. The van der Waals surface area contributed by atoms with Gasteiger partial charge >= 0.3 is 5.97 Å². The molecule has 3 rings (SSSR count). The Bertz CT molecular complexity index is 720. The lowest BCUT2D eigenvalue weighted by Gasteiger charge is -2.20. The van der Waals surface area contributed by atoms with Gasteiger partial charge in [-0.25, -0.2) is 0 Å². The van der Waals surface area contributed by atoms with Gasteiger partial charge in [-0.05, 0) is 50.8 Å². The molecule has 2 aliphatic carbocycles. The highest BCUT2D eigenvalue weighted by atomic mass is 35.5. The van der Waals surface area contributed by atoms with Crippen molar-refractivity contribution in [3.63, 3.8) is 0 Å². The summed E-state index contributed by atoms with van der Waals surface area (Å²) in [5, 5.41) is 1.45. The van der Waals surface area contributed by atoms with Gasteiger partial charge in [-0.3, -0.25) is 9.78 Å². The molecule has 0 bridgehead atoms. The fraction of sp³-hybridized carbons (Fsp3) is 0.474. The van der Waals surface area contributed by atoms with Gasteiger partial charge < -0.3 is 4.74 Å². The minimum Gasteiger partial charge on any atom is -0.466 e. The van der Waals surface area contributed by atoms with Crippen molar-refractivity contribution in [2.75, 3.05) is 6.61 Å². The van der Waals surface area contributed by atoms with E-state index in [2.05, 4.69) is 6.08 Å². The Morgan fingerprint density at radius 1 is 1.42 bits per heavy atom. The Balaban J connectivity index is 1.85. The number of allylic oxidation sites excluding steroid dienone is 4. The number of pyridine rings is 1. The van der Waals surface area contributed by atoms with Crippen molar-refractivity contribution in [3.05, 3.63) is 51.3 Å². The van der Waals surface area contributed by atoms with Gasteiger partial charge in [-0.1, -0.05) is 35.4 Å². The minimum atomic E-state index is -0.398. The third-order valence-electron chi connectivity index (χ3n) is 4.79. The highest BCUT2D eigenvalue weighted by molar-refractivity contribution is 6.31. The summed E-state index contributed by atoms with van der Waals surface area (Å²) in [6.45, 7) is 4.23. The summed E-state index contributed by atoms with van der Waals surface area (Å²) in [6, 6.07) is 1.88. The van der Waals surface area contributed by atoms with Gasteiger partial charge in [0.1, 0.15) is 0 Å². The number of hydrogen-bond acceptors (Lipinski definition) is 3. The van der Waals surface area contributed by atoms with E-state index < -0.39 is 5.41 Å². The third-order valence-corrected chi connectivity index (χ3v) is 5.46. The maximum Gasteiger partial charge on any atom is 0.312 e. The summed E-state index contributed by atoms with van der Waals surface area (Å²) in [5.41, 5.74) is 2.42. The molecule has 1 atom stereocenters. The van der Waals surface area contributed by atoms with Gasteiger partial charge in [0, 0.05) is 28.1 Å². The SMILES string of the molecule is CCOC(=O)C1(Cc2cc(Cl)c(C)c(C3C=CC(Cl)=CC3)n2)CC1. The van der Waals surface area contributed by atoms with Crippen LogP contribution in [-0.4, -0.2) is 17.6 Å². The molecule has 1 saturated carbocycles. The quantitative estimate of drug-likeness (QED) is 0.681. The predicted octanol–water partition coefficient (Wildman–Crippen LogP) is 5.10. The second kappa shape index (κ2) is 6.89. The molecule has 128 valence electrons. The topological polar surface area (TPSA) is 39.2 Å². The zero-order valence-corrected chi connectivity index (χ0v) is 15.5. The Morgan fingerprint density at radius 2 is 2.17 bits per heavy atom. The van der Waals surface area contributed by atoms with Gasteiger partial charge in [0.15, 0.2) is 0 Å². The number of aromatic nitrogens is 1. The van der Waals surface area contributed by atoms with Crippen LogP contribution in [-0.2, 0) is 16.0 Å². The number of nitrogens with zero attached hydrogens (tertiary/aromatic N) is 1. The lowest BCUT2D eigenvalue weighted by atomic mass is 9.92. The molecule has 0 spiro atoms. The molecule has 1 aromatic heterocycles. The molecule has 0 aliphatic heterocycles. The number of ether oxygens (including phenoxy) is 1. The Morgan fingerprint density at radius 3 is 2.75 bits per heavy atom. The zero-order chi connectivity index (χ0) is 17.3. The number of carbonyl (C=O) groups is 1. The summed E-state index contributed by atoms with van der Waals surface area (Å²) in [7, 11) is 0. The lowest BCUT2D eigenvalue weighted by Crippen LogP contribution is -2.22. The number of halogens is 2. The molecule has 0 amide bonds. The van der Waals surface area contributed by atoms with Crippen molar-refractivity contribution in [2.45, 2.75) is 45.4 Å². The van der Waals surface area contributed by atoms with Crippen molar-refractivity contribution in [2.24, 2.45) is 5.41 Å². The Labute approximate surface area is 152 Å². The summed E-state index contributed by atoms with van der Waals surface area (Å²) in [6.07, 6.45) is 9.08. The van der Waals surface area contributed by atoms with E-state index in [9.17, 15) is 4.79 Å². The molecule has 2 aliphatic rings. The van der Waals surface area contributed by atoms with Gasteiger partial charge in [-0.2, -0.15) is 0 Å². The van der Waals surface area contributed by atoms with Crippen LogP contribution >= 0.6 is 23.2 Å². The smallest absolute Gasteiger partial charge is 0.312 e. The summed E-state index contributed by atoms with van der Waals surface area (Å²) in [5.74, 6) is 0.0556. The van der Waals surface area contributed by atoms with Crippen LogP contribution in [0.5, 0.6) is 0 Å². The molecule has 3 nitrogen and oxygen atoms in total. The molecule has 24 heavy (non-hydrogen) atoms. The van der Waals surface area contributed by atoms with Crippen molar-refractivity contribution < 1.29 is 9.53 Å². The molecule has 5 heteroatoms. The van der Waals surface area contributed by atoms with Gasteiger partial charge in [0.2, 0.25) is 0 Å². The summed E-state index contributed by atoms with van der Waals surface area (Å²) < 4.78 is 5.22. The highest BCUT2D eigenvalue weighted by Gasteiger charge is 2.51. The lowest BCUT2D eigenvalue weighted by molar-refractivity contribution is -0.149. The fourth-order valence-corrected chi connectivity index (χ4v) is 3.52. The van der Waals surface area contributed by atoms with Crippen LogP contribution in [0.1, 0.15) is 49.1 Å². The van der Waals surface area contributed by atoms with Crippen LogP contribution < -0.4 is 0 Å². The molecule has 0 aromatic carbocycles. The summed E-state index contributed by atoms with van der Waals surface area (Å²) >= 11 is 12.4. The predicted molar refractivity (Wildman–Crippen MR) is 96.4 cm³/mol. The first-order valence-electron chi connectivity index (χ1n) is 8.32. The normalized spacial score (nSPS) is 21.3. The number of esters is 1. The molecule has 0 radical (unpaired) electrons. The second-order valence-electron chi connectivity index (χ2n) is 6.57. The van der Waals surface area contributed by atoms with Crippen LogP contribution in [0.2, 0.25) is 5.02 Å². The maximum absolute atomic E-state index is 12.2. The van der Waals surface area contributed by atoms with E-state index in [1.807, 2.05) is 32.1 Å². The van der Waals surface area contributed by atoms with Crippen molar-refractivity contribution in [3.8, 4) is 0 Å². The average molecular weight is 366 g/mol. The van der Waals surface area contributed by atoms with Crippen LogP contribution in [0.15, 0.2) is 29.3 Å². The van der Waals surface area contributed by atoms with E-state index in [1.165, 1.54) is 0 Å². The fourth-order valence-electron chi connectivity index (χ4n) is 3.13. The van der Waals surface area contributed by atoms with E-state index in [-0.39, 0.29) is 11.9 Å². The van der Waals surface area contributed by atoms with Crippen molar-refractivity contribution in [1.29, 1.82) is 0 Å². The van der Waals surface area contributed by atoms with E-state index in [4.69, 9.17) is 32.9 Å². The Hall–Kier alpha value is -1.32. The number of carbonyl (C=O) groups excluding carboxylic acids is 1. The Kier molecular flexibility index (Phi) is 5.03. The first-order chi connectivity index (χ1) is 11.4. The van der Waals surface area contributed by atoms with E-state index >= 15 is 0 Å².